The molecular weight excluding hydrogens is 481 g/mol. The Morgan fingerprint density at radius 1 is 1.18 bits per heavy atom. The summed E-state index contributed by atoms with van der Waals surface area (Å²) >= 11 is 0. The third-order valence-corrected chi connectivity index (χ3v) is 7.73. The molecule has 0 bridgehead atoms. The fourth-order valence-electron chi connectivity index (χ4n) is 4.14. The Morgan fingerprint density at radius 2 is 1.89 bits per heavy atom. The molecule has 0 radical (unpaired) electrons. The second-order valence-electron chi connectivity index (χ2n) is 8.29. The first-order chi connectivity index (χ1) is 13.0. The molecule has 1 aromatic rings. The minimum atomic E-state index is -0.686. The first-order valence-electron chi connectivity index (χ1n) is 10.5. The van der Waals surface area contributed by atoms with Gasteiger partial charge in [0.25, 0.3) is 0 Å². The van der Waals surface area contributed by atoms with E-state index in [2.05, 4.69) is 53.7 Å². The van der Waals surface area contributed by atoms with Crippen LogP contribution in [0.3, 0.4) is 0 Å². The molecule has 0 spiro atoms. The summed E-state index contributed by atoms with van der Waals surface area (Å²) < 4.78 is 12.2. The Hall–Kier alpha value is -0.630. The molecule has 0 aromatic heterocycles. The summed E-state index contributed by atoms with van der Waals surface area (Å²) in [5.41, 5.74) is 2.82. The van der Waals surface area contributed by atoms with Crippen molar-refractivity contribution in [2.75, 3.05) is 12.8 Å². The zero-order valence-corrected chi connectivity index (χ0v) is 20.8. The molecule has 5 atom stereocenters. The van der Waals surface area contributed by atoms with E-state index < -0.39 is 10.8 Å². The topological polar surface area (TPSA) is 53.5 Å². The highest BCUT2D eigenvalue weighted by Gasteiger charge is 2.39. The zero-order chi connectivity index (χ0) is 19.4. The molecule has 2 aliphatic carbocycles. The van der Waals surface area contributed by atoms with Crippen molar-refractivity contribution in [3.8, 4) is 0 Å². The molecule has 1 aromatic carbocycles. The lowest BCUT2D eigenvalue weighted by Gasteiger charge is -2.30. The number of nitrogens with zero attached hydrogens (tertiary/aromatic N) is 1. The van der Waals surface area contributed by atoms with Gasteiger partial charge in [0.2, 0.25) is 0 Å². The van der Waals surface area contributed by atoms with E-state index >= 15 is 0 Å². The highest BCUT2D eigenvalue weighted by atomic mass is 127. The number of rotatable bonds is 6. The van der Waals surface area contributed by atoms with Crippen LogP contribution in [0, 0.1) is 0 Å². The Bertz CT molecular complexity index is 677. The van der Waals surface area contributed by atoms with Gasteiger partial charge in [-0.05, 0) is 42.7 Å². The quantitative estimate of drug-likeness (QED) is 0.331. The average Bonchev–Trinajstić information content (AvgIpc) is 3.46. The van der Waals surface area contributed by atoms with E-state index in [1.54, 1.807) is 0 Å². The van der Waals surface area contributed by atoms with Crippen molar-refractivity contribution in [1.82, 2.24) is 10.6 Å². The lowest BCUT2D eigenvalue weighted by atomic mass is 9.95. The van der Waals surface area contributed by atoms with Crippen molar-refractivity contribution in [2.45, 2.75) is 82.0 Å². The molecule has 6 heteroatoms. The third kappa shape index (κ3) is 6.18. The minimum Gasteiger partial charge on any atom is -0.354 e. The summed E-state index contributed by atoms with van der Waals surface area (Å²) in [5, 5.41) is 7.52. The molecule has 0 aliphatic heterocycles. The molecule has 2 N–H and O–H groups in total. The summed E-state index contributed by atoms with van der Waals surface area (Å²) in [4.78, 5) is 4.44. The second kappa shape index (κ2) is 11.0. The molecule has 0 heterocycles. The van der Waals surface area contributed by atoms with Gasteiger partial charge in [0, 0.05) is 46.9 Å². The standard InChI is InChI=1S/C22H35N3OS.HI/c1-5-27(26)19-8-6-7-18(13-19)24-22(23-4)25-21-14-20(21)17-11-9-16(10-12-17)15(2)3;/h9-12,15,18-21H,5-8,13-14H2,1-4H3,(H2,23,24,25);1H. The monoisotopic (exact) mass is 517 g/mol. The van der Waals surface area contributed by atoms with Gasteiger partial charge in [-0.3, -0.25) is 9.20 Å². The Kier molecular flexibility index (Phi) is 9.25. The normalized spacial score (nSPS) is 28.4. The Balaban J connectivity index is 0.00000280. The molecule has 0 saturated heterocycles. The zero-order valence-electron chi connectivity index (χ0n) is 17.6. The van der Waals surface area contributed by atoms with Crippen LogP contribution in [-0.2, 0) is 10.8 Å². The molecule has 4 nitrogen and oxygen atoms in total. The van der Waals surface area contributed by atoms with Crippen LogP contribution in [0.4, 0.5) is 0 Å². The van der Waals surface area contributed by atoms with Gasteiger partial charge in [-0.2, -0.15) is 0 Å². The van der Waals surface area contributed by atoms with Crippen molar-refractivity contribution >= 4 is 40.7 Å². The van der Waals surface area contributed by atoms with E-state index in [0.29, 0.717) is 29.2 Å². The number of halogens is 1. The summed E-state index contributed by atoms with van der Waals surface area (Å²) in [7, 11) is 1.16. The molecule has 2 saturated carbocycles. The van der Waals surface area contributed by atoms with Crippen LogP contribution in [0.2, 0.25) is 0 Å². The van der Waals surface area contributed by atoms with Gasteiger partial charge in [-0.25, -0.2) is 0 Å². The van der Waals surface area contributed by atoms with Crippen LogP contribution in [0.1, 0.15) is 75.8 Å². The lowest BCUT2D eigenvalue weighted by molar-refractivity contribution is 0.413. The predicted molar refractivity (Wildman–Crippen MR) is 131 cm³/mol. The molecule has 0 amide bonds. The van der Waals surface area contributed by atoms with Gasteiger partial charge in [0.15, 0.2) is 5.96 Å². The highest BCUT2D eigenvalue weighted by molar-refractivity contribution is 14.0. The fraction of sp³-hybridized carbons (Fsp3) is 0.682. The third-order valence-electron chi connectivity index (χ3n) is 5.99. The van der Waals surface area contributed by atoms with E-state index in [4.69, 9.17) is 0 Å². The lowest BCUT2D eigenvalue weighted by Crippen LogP contribution is -2.47. The van der Waals surface area contributed by atoms with Gasteiger partial charge >= 0.3 is 0 Å². The first kappa shape index (κ1) is 23.6. The Morgan fingerprint density at radius 3 is 2.50 bits per heavy atom. The van der Waals surface area contributed by atoms with Gasteiger partial charge in [0.05, 0.1) is 0 Å². The van der Waals surface area contributed by atoms with Crippen molar-refractivity contribution in [2.24, 2.45) is 4.99 Å². The first-order valence-corrected chi connectivity index (χ1v) is 11.9. The molecular formula is C22H36IN3OS. The molecule has 158 valence electrons. The fourth-order valence-corrected chi connectivity index (χ4v) is 5.49. The molecule has 28 heavy (non-hydrogen) atoms. The van der Waals surface area contributed by atoms with Gasteiger partial charge in [0.1, 0.15) is 0 Å². The summed E-state index contributed by atoms with van der Waals surface area (Å²) in [6.07, 6.45) is 5.55. The number of aliphatic imine (C=N–C) groups is 1. The van der Waals surface area contributed by atoms with Gasteiger partial charge in [-0.15, -0.1) is 24.0 Å². The molecule has 2 fully saturated rings. The van der Waals surface area contributed by atoms with Gasteiger partial charge < -0.3 is 10.6 Å². The summed E-state index contributed by atoms with van der Waals surface area (Å²) in [6, 6.07) is 9.93. The molecule has 3 rings (SSSR count). The number of benzene rings is 1. The van der Waals surface area contributed by atoms with Gasteiger partial charge in [-0.1, -0.05) is 51.5 Å². The van der Waals surface area contributed by atoms with Crippen molar-refractivity contribution < 1.29 is 4.21 Å². The van der Waals surface area contributed by atoms with E-state index in [1.807, 2.05) is 14.0 Å². The average molecular weight is 518 g/mol. The molecule has 5 unspecified atom stereocenters. The van der Waals surface area contributed by atoms with E-state index in [1.165, 1.54) is 11.1 Å². The summed E-state index contributed by atoms with van der Waals surface area (Å²) in [5.74, 6) is 2.83. The second-order valence-corrected chi connectivity index (χ2v) is 10.3. The number of hydrogen-bond acceptors (Lipinski definition) is 2. The summed E-state index contributed by atoms with van der Waals surface area (Å²) in [6.45, 7) is 6.49. The maximum absolute atomic E-state index is 12.2. The number of hydrogen-bond donors (Lipinski definition) is 2. The predicted octanol–water partition coefficient (Wildman–Crippen LogP) is 4.53. The smallest absolute Gasteiger partial charge is 0.191 e. The minimum absolute atomic E-state index is 0. The largest absolute Gasteiger partial charge is 0.354 e. The van der Waals surface area contributed by atoms with Crippen LogP contribution in [0.15, 0.2) is 29.3 Å². The van der Waals surface area contributed by atoms with Crippen molar-refractivity contribution in [3.63, 3.8) is 0 Å². The Labute approximate surface area is 190 Å². The SMILES string of the molecule is CCS(=O)C1CCCC(NC(=NC)NC2CC2c2ccc(C(C)C)cc2)C1.I. The van der Waals surface area contributed by atoms with E-state index in [-0.39, 0.29) is 24.0 Å². The van der Waals surface area contributed by atoms with Crippen LogP contribution in [-0.4, -0.2) is 40.3 Å². The van der Waals surface area contributed by atoms with Crippen LogP contribution in [0.25, 0.3) is 0 Å². The highest BCUT2D eigenvalue weighted by Crippen LogP contribution is 2.41. The number of guanidine groups is 1. The molecule has 2 aliphatic rings. The maximum Gasteiger partial charge on any atom is 0.191 e. The maximum atomic E-state index is 12.2. The van der Waals surface area contributed by atoms with Crippen LogP contribution in [0.5, 0.6) is 0 Å². The number of nitrogens with one attached hydrogen (secondary N) is 2. The van der Waals surface area contributed by atoms with Crippen molar-refractivity contribution in [1.29, 1.82) is 0 Å². The van der Waals surface area contributed by atoms with Crippen LogP contribution >= 0.6 is 24.0 Å². The van der Waals surface area contributed by atoms with Crippen LogP contribution < -0.4 is 10.6 Å². The van der Waals surface area contributed by atoms with E-state index in [0.717, 1.165) is 43.8 Å². The van der Waals surface area contributed by atoms with Crippen molar-refractivity contribution in [3.05, 3.63) is 35.4 Å². The van der Waals surface area contributed by atoms with E-state index in [9.17, 15) is 4.21 Å².